The second kappa shape index (κ2) is 11.2. The van der Waals surface area contributed by atoms with Crippen molar-refractivity contribution in [1.29, 1.82) is 0 Å². The molecule has 8 nitrogen and oxygen atoms in total. The third kappa shape index (κ3) is 5.45. The number of furan rings is 1. The third-order valence-corrected chi connectivity index (χ3v) is 7.72. The van der Waals surface area contributed by atoms with E-state index in [0.717, 1.165) is 28.6 Å². The first kappa shape index (κ1) is 25.0. The van der Waals surface area contributed by atoms with Gasteiger partial charge in [0.15, 0.2) is 5.82 Å². The second-order valence-electron chi connectivity index (χ2n) is 9.48. The van der Waals surface area contributed by atoms with Crippen LogP contribution < -0.4 is 5.56 Å². The summed E-state index contributed by atoms with van der Waals surface area (Å²) in [7, 11) is 0. The molecular formula is C30H28N6O2S. The molecule has 196 valence electrons. The van der Waals surface area contributed by atoms with E-state index in [9.17, 15) is 4.79 Å². The van der Waals surface area contributed by atoms with Gasteiger partial charge in [-0.25, -0.2) is 4.68 Å². The summed E-state index contributed by atoms with van der Waals surface area (Å²) < 4.78 is 7.55. The van der Waals surface area contributed by atoms with Gasteiger partial charge in [-0.15, -0.1) is 16.4 Å². The lowest BCUT2D eigenvalue weighted by molar-refractivity contribution is 0.181. The Bertz CT molecular complexity index is 1670. The van der Waals surface area contributed by atoms with Crippen LogP contribution in [0, 0.1) is 0 Å². The number of aromatic amines is 1. The molecule has 0 bridgehead atoms. The number of pyridine rings is 1. The highest BCUT2D eigenvalue weighted by Crippen LogP contribution is 2.31. The molecule has 0 spiro atoms. The minimum atomic E-state index is -0.533. The fraction of sp³-hybridized carbons (Fsp3) is 0.200. The third-order valence-electron chi connectivity index (χ3n) is 6.86. The summed E-state index contributed by atoms with van der Waals surface area (Å²) in [6.45, 7) is 3.67. The SMILES string of the molecule is CCc1ccc2[nH]c(=O)c(C(c3nnnn3Cc3ccccc3)N(Cc3ccco3)Cc3cccs3)cc2c1. The molecule has 2 aromatic carbocycles. The molecule has 0 amide bonds. The van der Waals surface area contributed by atoms with Crippen LogP contribution in [-0.2, 0) is 26.1 Å². The number of tetrazole rings is 1. The van der Waals surface area contributed by atoms with E-state index in [1.807, 2.05) is 60.7 Å². The Balaban J connectivity index is 1.52. The first-order chi connectivity index (χ1) is 19.2. The molecule has 1 N–H and O–H groups in total. The minimum absolute atomic E-state index is 0.165. The molecule has 0 aliphatic rings. The van der Waals surface area contributed by atoms with Gasteiger partial charge in [0.05, 0.1) is 19.4 Å². The van der Waals surface area contributed by atoms with Crippen LogP contribution in [0.4, 0.5) is 0 Å². The van der Waals surface area contributed by atoms with Gasteiger partial charge in [-0.05, 0) is 75.1 Å². The molecule has 6 aromatic rings. The van der Waals surface area contributed by atoms with E-state index in [1.54, 1.807) is 22.3 Å². The molecule has 0 saturated carbocycles. The minimum Gasteiger partial charge on any atom is -0.468 e. The smallest absolute Gasteiger partial charge is 0.253 e. The first-order valence-corrected chi connectivity index (χ1v) is 13.8. The average molecular weight is 537 g/mol. The monoisotopic (exact) mass is 536 g/mol. The van der Waals surface area contributed by atoms with Crippen LogP contribution >= 0.6 is 11.3 Å². The molecule has 4 aromatic heterocycles. The predicted molar refractivity (Wildman–Crippen MR) is 151 cm³/mol. The molecule has 0 aliphatic carbocycles. The van der Waals surface area contributed by atoms with E-state index in [2.05, 4.69) is 55.9 Å². The zero-order valence-corrected chi connectivity index (χ0v) is 22.3. The quantitative estimate of drug-likeness (QED) is 0.246. The lowest BCUT2D eigenvalue weighted by Crippen LogP contribution is -2.34. The van der Waals surface area contributed by atoms with E-state index in [4.69, 9.17) is 4.42 Å². The van der Waals surface area contributed by atoms with Crippen molar-refractivity contribution in [3.05, 3.63) is 134 Å². The number of aromatic nitrogens is 5. The number of aryl methyl sites for hydroxylation is 1. The molecule has 39 heavy (non-hydrogen) atoms. The summed E-state index contributed by atoms with van der Waals surface area (Å²) in [6, 6.07) is 25.6. The molecule has 0 radical (unpaired) electrons. The number of nitrogens with one attached hydrogen (secondary N) is 1. The Morgan fingerprint density at radius 3 is 2.67 bits per heavy atom. The van der Waals surface area contributed by atoms with Gasteiger partial charge in [-0.2, -0.15) is 0 Å². The molecule has 1 unspecified atom stereocenters. The second-order valence-corrected chi connectivity index (χ2v) is 10.5. The Morgan fingerprint density at radius 1 is 1.00 bits per heavy atom. The molecule has 0 saturated heterocycles. The molecule has 1 atom stereocenters. The zero-order chi connectivity index (χ0) is 26.6. The number of thiophene rings is 1. The fourth-order valence-electron chi connectivity index (χ4n) is 4.92. The van der Waals surface area contributed by atoms with E-state index < -0.39 is 6.04 Å². The molecule has 9 heteroatoms. The van der Waals surface area contributed by atoms with Crippen LogP contribution in [0.1, 0.15) is 46.1 Å². The Labute approximate surface area is 229 Å². The molecule has 0 fully saturated rings. The van der Waals surface area contributed by atoms with Crippen LogP contribution in [0.2, 0.25) is 0 Å². The summed E-state index contributed by atoms with van der Waals surface area (Å²) in [5, 5.41) is 16.0. The number of H-pyrrole nitrogens is 1. The summed E-state index contributed by atoms with van der Waals surface area (Å²) in [6.07, 6.45) is 2.58. The van der Waals surface area contributed by atoms with Crippen molar-refractivity contribution >= 4 is 22.2 Å². The first-order valence-electron chi connectivity index (χ1n) is 12.9. The summed E-state index contributed by atoms with van der Waals surface area (Å²) in [5.41, 5.74) is 3.50. The molecular weight excluding hydrogens is 508 g/mol. The van der Waals surface area contributed by atoms with Gasteiger partial charge in [0.25, 0.3) is 5.56 Å². The number of rotatable bonds is 10. The highest BCUT2D eigenvalue weighted by Gasteiger charge is 2.31. The lowest BCUT2D eigenvalue weighted by atomic mass is 10.0. The number of hydrogen-bond donors (Lipinski definition) is 1. The molecule has 4 heterocycles. The van der Waals surface area contributed by atoms with Crippen molar-refractivity contribution in [3.8, 4) is 0 Å². The number of fused-ring (bicyclic) bond motifs is 1. The van der Waals surface area contributed by atoms with Crippen LogP contribution in [0.25, 0.3) is 10.9 Å². The van der Waals surface area contributed by atoms with Crippen molar-refractivity contribution in [3.63, 3.8) is 0 Å². The zero-order valence-electron chi connectivity index (χ0n) is 21.5. The Kier molecular flexibility index (Phi) is 7.16. The standard InChI is InChI=1S/C30H28N6O2S/c1-2-21-12-13-27-23(16-21)17-26(30(37)31-27)28(29-32-33-34-36(29)18-22-8-4-3-5-9-22)35(19-24-10-6-14-38-24)20-25-11-7-15-39-25/h3-17,28H,2,18-20H2,1H3,(H,31,37). The van der Waals surface area contributed by atoms with Crippen molar-refractivity contribution in [1.82, 2.24) is 30.1 Å². The Morgan fingerprint density at radius 2 is 1.90 bits per heavy atom. The largest absolute Gasteiger partial charge is 0.468 e. The van der Waals surface area contributed by atoms with Crippen molar-refractivity contribution in [2.24, 2.45) is 0 Å². The van der Waals surface area contributed by atoms with Gasteiger partial charge < -0.3 is 9.40 Å². The molecule has 6 rings (SSSR count). The maximum absolute atomic E-state index is 13.7. The number of nitrogens with zero attached hydrogens (tertiary/aromatic N) is 5. The van der Waals surface area contributed by atoms with Gasteiger partial charge in [0, 0.05) is 22.5 Å². The maximum Gasteiger partial charge on any atom is 0.253 e. The van der Waals surface area contributed by atoms with Crippen molar-refractivity contribution in [2.45, 2.75) is 39.0 Å². The highest BCUT2D eigenvalue weighted by molar-refractivity contribution is 7.09. The summed E-state index contributed by atoms with van der Waals surface area (Å²) in [4.78, 5) is 20.2. The van der Waals surface area contributed by atoms with Crippen LogP contribution in [0.15, 0.2) is 99.7 Å². The van der Waals surface area contributed by atoms with E-state index in [-0.39, 0.29) is 5.56 Å². The normalized spacial score (nSPS) is 12.4. The van der Waals surface area contributed by atoms with Crippen molar-refractivity contribution in [2.75, 3.05) is 0 Å². The van der Waals surface area contributed by atoms with Gasteiger partial charge in [-0.1, -0.05) is 49.4 Å². The number of benzene rings is 2. The van der Waals surface area contributed by atoms with Crippen LogP contribution in [-0.4, -0.2) is 30.1 Å². The fourth-order valence-corrected chi connectivity index (χ4v) is 5.64. The predicted octanol–water partition coefficient (Wildman–Crippen LogP) is 5.57. The summed E-state index contributed by atoms with van der Waals surface area (Å²) >= 11 is 1.68. The molecule has 0 aliphatic heterocycles. The van der Waals surface area contributed by atoms with E-state index >= 15 is 0 Å². The van der Waals surface area contributed by atoms with E-state index in [1.165, 1.54) is 10.4 Å². The van der Waals surface area contributed by atoms with Crippen LogP contribution in [0.5, 0.6) is 0 Å². The average Bonchev–Trinajstić information content (AvgIpc) is 3.74. The maximum atomic E-state index is 13.7. The van der Waals surface area contributed by atoms with Gasteiger partial charge in [0.2, 0.25) is 0 Å². The van der Waals surface area contributed by atoms with Gasteiger partial charge in [0.1, 0.15) is 11.8 Å². The van der Waals surface area contributed by atoms with Gasteiger partial charge in [-0.3, -0.25) is 9.69 Å². The Hall–Kier alpha value is -4.34. The van der Waals surface area contributed by atoms with Gasteiger partial charge >= 0.3 is 0 Å². The topological polar surface area (TPSA) is 92.8 Å². The van der Waals surface area contributed by atoms with Crippen LogP contribution in [0.3, 0.4) is 0 Å². The lowest BCUT2D eigenvalue weighted by Gasteiger charge is -2.30. The van der Waals surface area contributed by atoms with Crippen molar-refractivity contribution < 1.29 is 4.42 Å². The summed E-state index contributed by atoms with van der Waals surface area (Å²) in [5.74, 6) is 1.39. The van der Waals surface area contributed by atoms with E-state index in [0.29, 0.717) is 31.0 Å². The number of hydrogen-bond acceptors (Lipinski definition) is 7. The highest BCUT2D eigenvalue weighted by atomic mass is 32.1.